The van der Waals surface area contributed by atoms with Crippen molar-refractivity contribution in [1.29, 1.82) is 0 Å². The van der Waals surface area contributed by atoms with E-state index in [1.54, 1.807) is 7.11 Å². The normalized spacial score (nSPS) is 23.0. The molecule has 1 aromatic rings. The van der Waals surface area contributed by atoms with Crippen LogP contribution in [0.5, 0.6) is 0 Å². The van der Waals surface area contributed by atoms with Gasteiger partial charge in [0.15, 0.2) is 0 Å². The van der Waals surface area contributed by atoms with Gasteiger partial charge >= 0.3 is 5.97 Å². The summed E-state index contributed by atoms with van der Waals surface area (Å²) in [6.07, 6.45) is 12.4. The topological polar surface area (TPSA) is 77.5 Å². The molecule has 8 heteroatoms. The molecule has 2 fully saturated rings. The number of rotatable bonds is 14. The van der Waals surface area contributed by atoms with Crippen LogP contribution in [0, 0.1) is 5.92 Å². The van der Waals surface area contributed by atoms with Crippen LogP contribution in [0.15, 0.2) is 54.1 Å². The van der Waals surface area contributed by atoms with E-state index in [0.29, 0.717) is 25.4 Å². The standard InChI is InChI=1S/C24H41NO4.C18H29NO2/c1-9-11-12-13-18(3)19(4)29-25-23(5,6)15-21(16-24(25,7)8)28-22(27)14-20(10-2)17-26;1-14(15-10-8-7-9-11-15)21-19-17(2,3)12-16(20-6)13-18(19,4)5/h11-13,17,19-21H,9-10,14-16H2,1-8H3;7-11,14,16H,12-13H2,1-6H3/b12-11-,18-13+;. The zero-order valence-electron chi connectivity index (χ0n) is 33.9. The van der Waals surface area contributed by atoms with Gasteiger partial charge in [-0.05, 0) is 113 Å². The molecule has 0 N–H and O–H groups in total. The van der Waals surface area contributed by atoms with E-state index < -0.39 is 0 Å². The lowest BCUT2D eigenvalue weighted by atomic mass is 9.80. The minimum absolute atomic E-state index is 0.0452. The van der Waals surface area contributed by atoms with E-state index >= 15 is 0 Å². The van der Waals surface area contributed by atoms with Crippen LogP contribution >= 0.6 is 0 Å². The number of hydrogen-bond donors (Lipinski definition) is 0. The van der Waals surface area contributed by atoms with E-state index in [0.717, 1.165) is 31.1 Å². The smallest absolute Gasteiger partial charge is 0.306 e. The number of nitrogens with zero attached hydrogens (tertiary/aromatic N) is 2. The summed E-state index contributed by atoms with van der Waals surface area (Å²) < 4.78 is 11.4. The average molecular weight is 699 g/mol. The number of methoxy groups -OCH3 is 1. The molecule has 0 radical (unpaired) electrons. The molecule has 0 aromatic heterocycles. The molecule has 0 bridgehead atoms. The van der Waals surface area contributed by atoms with Crippen LogP contribution in [0.1, 0.15) is 147 Å². The lowest BCUT2D eigenvalue weighted by molar-refractivity contribution is -0.314. The minimum Gasteiger partial charge on any atom is -0.462 e. The highest BCUT2D eigenvalue weighted by atomic mass is 16.7. The Labute approximate surface area is 304 Å². The molecule has 2 aliphatic heterocycles. The quantitative estimate of drug-likeness (QED) is 0.108. The Hall–Kier alpha value is -2.36. The van der Waals surface area contributed by atoms with Crippen molar-refractivity contribution in [2.24, 2.45) is 5.92 Å². The highest BCUT2D eigenvalue weighted by Gasteiger charge is 2.49. The second kappa shape index (κ2) is 18.9. The summed E-state index contributed by atoms with van der Waals surface area (Å²) in [7, 11) is 1.81. The Kier molecular flexibility index (Phi) is 16.6. The first kappa shape index (κ1) is 43.8. The van der Waals surface area contributed by atoms with Gasteiger partial charge < -0.3 is 14.3 Å². The molecule has 0 amide bonds. The molecule has 2 heterocycles. The average Bonchev–Trinajstić information content (AvgIpc) is 3.03. The predicted molar refractivity (Wildman–Crippen MR) is 203 cm³/mol. The number of piperidine rings is 2. The monoisotopic (exact) mass is 699 g/mol. The van der Waals surface area contributed by atoms with Crippen molar-refractivity contribution in [3.63, 3.8) is 0 Å². The number of allylic oxidation sites excluding steroid dienone is 3. The van der Waals surface area contributed by atoms with Crippen molar-refractivity contribution in [3.8, 4) is 0 Å². The SMILES string of the molecule is CC/C=C\C=C(/C)C(C)ON1C(C)(C)CC(OC(=O)CC(C=O)CC)CC1(C)C.COC1CC(C)(C)N(OC(C)c2ccccc2)C(C)(C)C1. The van der Waals surface area contributed by atoms with E-state index in [2.05, 4.69) is 136 Å². The summed E-state index contributed by atoms with van der Waals surface area (Å²) in [5, 5.41) is 4.27. The summed E-state index contributed by atoms with van der Waals surface area (Å²) in [4.78, 5) is 36.1. The van der Waals surface area contributed by atoms with Gasteiger partial charge in [-0.15, -0.1) is 0 Å². The van der Waals surface area contributed by atoms with Crippen LogP contribution < -0.4 is 0 Å². The first-order valence-corrected chi connectivity index (χ1v) is 18.7. The lowest BCUT2D eigenvalue weighted by Gasteiger charge is -2.54. The molecule has 3 rings (SSSR count). The third-order valence-electron chi connectivity index (χ3n) is 10.1. The van der Waals surface area contributed by atoms with Gasteiger partial charge in [-0.3, -0.25) is 14.5 Å². The van der Waals surface area contributed by atoms with Crippen molar-refractivity contribution in [2.45, 2.75) is 182 Å². The zero-order valence-corrected chi connectivity index (χ0v) is 33.9. The van der Waals surface area contributed by atoms with Crippen LogP contribution in [-0.4, -0.2) is 70.0 Å². The second-order valence-corrected chi connectivity index (χ2v) is 16.8. The molecular formula is C42H70N2O6. The number of carbonyl (C=O) groups is 2. The molecule has 0 aliphatic carbocycles. The van der Waals surface area contributed by atoms with Gasteiger partial charge in [-0.2, -0.15) is 10.1 Å². The summed E-state index contributed by atoms with van der Waals surface area (Å²) in [5.74, 6) is -0.547. The fourth-order valence-electron chi connectivity index (χ4n) is 7.58. The summed E-state index contributed by atoms with van der Waals surface area (Å²) in [5.41, 5.74) is 1.67. The molecule has 1 aromatic carbocycles. The van der Waals surface area contributed by atoms with E-state index in [-0.39, 0.29) is 58.8 Å². The van der Waals surface area contributed by atoms with Crippen LogP contribution in [-0.2, 0) is 28.7 Å². The van der Waals surface area contributed by atoms with Gasteiger partial charge in [0, 0.05) is 48.0 Å². The van der Waals surface area contributed by atoms with Crippen molar-refractivity contribution in [3.05, 3.63) is 59.7 Å². The predicted octanol–water partition coefficient (Wildman–Crippen LogP) is 9.75. The Morgan fingerprint density at radius 1 is 0.840 bits per heavy atom. The molecule has 284 valence electrons. The maximum atomic E-state index is 12.3. The van der Waals surface area contributed by atoms with Gasteiger partial charge in [-0.25, -0.2) is 0 Å². The molecule has 2 aliphatic rings. The largest absolute Gasteiger partial charge is 0.462 e. The van der Waals surface area contributed by atoms with E-state index in [4.69, 9.17) is 19.1 Å². The first-order chi connectivity index (χ1) is 23.2. The van der Waals surface area contributed by atoms with E-state index in [1.807, 2.05) is 13.0 Å². The molecular weight excluding hydrogens is 628 g/mol. The number of hydrogen-bond acceptors (Lipinski definition) is 8. The van der Waals surface area contributed by atoms with E-state index in [1.165, 1.54) is 5.56 Å². The number of esters is 1. The van der Waals surface area contributed by atoms with Crippen LogP contribution in [0.3, 0.4) is 0 Å². The van der Waals surface area contributed by atoms with Crippen molar-refractivity contribution < 1.29 is 28.7 Å². The lowest BCUT2D eigenvalue weighted by Crippen LogP contribution is -2.62. The van der Waals surface area contributed by atoms with Crippen LogP contribution in [0.2, 0.25) is 0 Å². The number of ether oxygens (including phenoxy) is 2. The number of benzene rings is 1. The van der Waals surface area contributed by atoms with Gasteiger partial charge in [0.2, 0.25) is 0 Å². The fraction of sp³-hybridized carbons (Fsp3) is 0.714. The highest BCUT2D eigenvalue weighted by Crippen LogP contribution is 2.42. The molecule has 3 atom stereocenters. The highest BCUT2D eigenvalue weighted by molar-refractivity contribution is 5.73. The van der Waals surface area contributed by atoms with Gasteiger partial charge in [0.05, 0.1) is 18.6 Å². The zero-order chi connectivity index (χ0) is 37.9. The summed E-state index contributed by atoms with van der Waals surface area (Å²) in [6, 6.07) is 10.4. The fourth-order valence-corrected chi connectivity index (χ4v) is 7.58. The summed E-state index contributed by atoms with van der Waals surface area (Å²) in [6.45, 7) is 27.7. The number of hydroxylamine groups is 4. The Morgan fingerprint density at radius 2 is 1.34 bits per heavy atom. The molecule has 2 saturated heterocycles. The van der Waals surface area contributed by atoms with Crippen molar-refractivity contribution >= 4 is 12.3 Å². The molecule has 8 nitrogen and oxygen atoms in total. The molecule has 0 saturated carbocycles. The van der Waals surface area contributed by atoms with Crippen molar-refractivity contribution in [2.75, 3.05) is 7.11 Å². The van der Waals surface area contributed by atoms with Gasteiger partial charge in [0.25, 0.3) is 0 Å². The van der Waals surface area contributed by atoms with Crippen molar-refractivity contribution in [1.82, 2.24) is 10.1 Å². The third kappa shape index (κ3) is 12.7. The maximum Gasteiger partial charge on any atom is 0.306 e. The van der Waals surface area contributed by atoms with E-state index in [9.17, 15) is 9.59 Å². The van der Waals surface area contributed by atoms with Crippen LogP contribution in [0.4, 0.5) is 0 Å². The first-order valence-electron chi connectivity index (χ1n) is 18.7. The second-order valence-electron chi connectivity index (χ2n) is 16.8. The van der Waals surface area contributed by atoms with Crippen LogP contribution in [0.25, 0.3) is 0 Å². The minimum atomic E-state index is -0.296. The number of carbonyl (C=O) groups excluding carboxylic acids is 2. The Balaban J connectivity index is 0.000000364. The Morgan fingerprint density at radius 3 is 1.80 bits per heavy atom. The Bertz CT molecular complexity index is 1220. The number of aldehydes is 1. The van der Waals surface area contributed by atoms with Gasteiger partial charge in [0.1, 0.15) is 18.5 Å². The molecule has 0 spiro atoms. The molecule has 50 heavy (non-hydrogen) atoms. The third-order valence-corrected chi connectivity index (χ3v) is 10.1. The maximum absolute atomic E-state index is 12.3. The molecule has 3 unspecified atom stereocenters. The van der Waals surface area contributed by atoms with Gasteiger partial charge in [-0.1, -0.05) is 62.4 Å². The summed E-state index contributed by atoms with van der Waals surface area (Å²) >= 11 is 0.